The van der Waals surface area contributed by atoms with Gasteiger partial charge in [-0.3, -0.25) is 9.59 Å². The zero-order chi connectivity index (χ0) is 18.4. The van der Waals surface area contributed by atoms with Crippen molar-refractivity contribution in [2.75, 3.05) is 18.4 Å². The Balaban J connectivity index is 1.45. The molecule has 1 N–H and O–H groups in total. The number of amides is 2. The van der Waals surface area contributed by atoms with E-state index in [1.807, 2.05) is 54.3 Å². The number of carbonyl (C=O) groups excluding carboxylic acids is 2. The number of hydrogen-bond donors (Lipinski definition) is 1. The molecule has 0 spiro atoms. The number of anilines is 1. The fraction of sp³-hybridized carbons (Fsp3) is 0.364. The molecule has 1 heterocycles. The molecule has 2 aromatic carbocycles. The van der Waals surface area contributed by atoms with Crippen molar-refractivity contribution in [1.29, 1.82) is 0 Å². The molecule has 4 nitrogen and oxygen atoms in total. The summed E-state index contributed by atoms with van der Waals surface area (Å²) in [6.45, 7) is 3.32. The minimum absolute atomic E-state index is 0.0206. The molecule has 2 aromatic rings. The maximum absolute atomic E-state index is 12.5. The van der Waals surface area contributed by atoms with Crippen LogP contribution < -0.4 is 5.32 Å². The van der Waals surface area contributed by atoms with E-state index in [-0.39, 0.29) is 17.7 Å². The molecule has 0 bridgehead atoms. The van der Waals surface area contributed by atoms with Gasteiger partial charge in [0.05, 0.1) is 0 Å². The lowest BCUT2D eigenvalue weighted by atomic mass is 9.95. The van der Waals surface area contributed by atoms with Crippen molar-refractivity contribution in [2.45, 2.75) is 32.6 Å². The normalized spacial score (nSPS) is 14.9. The fourth-order valence-corrected chi connectivity index (χ4v) is 3.39. The van der Waals surface area contributed by atoms with E-state index in [1.54, 1.807) is 0 Å². The first-order valence-electron chi connectivity index (χ1n) is 9.31. The van der Waals surface area contributed by atoms with E-state index < -0.39 is 0 Å². The molecule has 0 radical (unpaired) electrons. The summed E-state index contributed by atoms with van der Waals surface area (Å²) in [6, 6.07) is 17.9. The van der Waals surface area contributed by atoms with Gasteiger partial charge >= 0.3 is 0 Å². The van der Waals surface area contributed by atoms with Gasteiger partial charge in [-0.05, 0) is 43.4 Å². The third kappa shape index (κ3) is 4.72. The number of nitrogens with zero attached hydrogens (tertiary/aromatic N) is 1. The summed E-state index contributed by atoms with van der Waals surface area (Å²) in [7, 11) is 0. The van der Waals surface area contributed by atoms with Crippen molar-refractivity contribution in [3.63, 3.8) is 0 Å². The van der Waals surface area contributed by atoms with Crippen molar-refractivity contribution in [2.24, 2.45) is 5.92 Å². The lowest BCUT2D eigenvalue weighted by Crippen LogP contribution is -2.41. The van der Waals surface area contributed by atoms with Gasteiger partial charge in [0.25, 0.3) is 0 Å². The van der Waals surface area contributed by atoms with Crippen LogP contribution in [-0.4, -0.2) is 29.8 Å². The van der Waals surface area contributed by atoms with Gasteiger partial charge < -0.3 is 10.2 Å². The Hall–Kier alpha value is -2.62. The molecule has 0 aliphatic carbocycles. The maximum Gasteiger partial charge on any atom is 0.227 e. The molecule has 1 fully saturated rings. The molecular weight excluding hydrogens is 324 g/mol. The van der Waals surface area contributed by atoms with E-state index in [2.05, 4.69) is 17.4 Å². The van der Waals surface area contributed by atoms with Crippen LogP contribution >= 0.6 is 0 Å². The second-order valence-electron chi connectivity index (χ2n) is 6.94. The summed E-state index contributed by atoms with van der Waals surface area (Å²) >= 11 is 0. The number of para-hydroxylation sites is 1. The lowest BCUT2D eigenvalue weighted by molar-refractivity contribution is -0.134. The Labute approximate surface area is 155 Å². The Morgan fingerprint density at radius 2 is 1.65 bits per heavy atom. The number of piperidine rings is 1. The van der Waals surface area contributed by atoms with Gasteiger partial charge in [0, 0.05) is 31.1 Å². The van der Waals surface area contributed by atoms with E-state index in [1.165, 1.54) is 5.56 Å². The van der Waals surface area contributed by atoms with Gasteiger partial charge in [-0.25, -0.2) is 0 Å². The van der Waals surface area contributed by atoms with E-state index in [0.717, 1.165) is 30.5 Å². The molecule has 26 heavy (non-hydrogen) atoms. The van der Waals surface area contributed by atoms with Gasteiger partial charge in [0.1, 0.15) is 0 Å². The second kappa shape index (κ2) is 8.65. The van der Waals surface area contributed by atoms with Gasteiger partial charge in [-0.15, -0.1) is 0 Å². The summed E-state index contributed by atoms with van der Waals surface area (Å²) in [5, 5.41) is 3.03. The highest BCUT2D eigenvalue weighted by atomic mass is 16.2. The molecule has 1 saturated heterocycles. The lowest BCUT2D eigenvalue weighted by Gasteiger charge is -2.31. The number of carbonyl (C=O) groups is 2. The molecule has 0 unspecified atom stereocenters. The van der Waals surface area contributed by atoms with Crippen molar-refractivity contribution in [3.8, 4) is 0 Å². The summed E-state index contributed by atoms with van der Waals surface area (Å²) in [5.74, 6) is 0.232. The summed E-state index contributed by atoms with van der Waals surface area (Å²) in [5.41, 5.74) is 3.13. The molecule has 1 aliphatic heterocycles. The molecule has 2 amide bonds. The third-order valence-corrected chi connectivity index (χ3v) is 5.09. The van der Waals surface area contributed by atoms with Crippen LogP contribution in [0.4, 0.5) is 5.69 Å². The monoisotopic (exact) mass is 350 g/mol. The van der Waals surface area contributed by atoms with Crippen molar-refractivity contribution in [3.05, 3.63) is 65.7 Å². The van der Waals surface area contributed by atoms with Gasteiger partial charge in [-0.1, -0.05) is 48.5 Å². The molecule has 0 saturated carbocycles. The van der Waals surface area contributed by atoms with Gasteiger partial charge in [0.15, 0.2) is 0 Å². The van der Waals surface area contributed by atoms with Crippen LogP contribution in [0, 0.1) is 12.8 Å². The van der Waals surface area contributed by atoms with E-state index in [0.29, 0.717) is 19.5 Å². The van der Waals surface area contributed by atoms with E-state index in [9.17, 15) is 9.59 Å². The predicted octanol–water partition coefficient (Wildman–Crippen LogP) is 3.80. The highest BCUT2D eigenvalue weighted by Gasteiger charge is 2.27. The summed E-state index contributed by atoms with van der Waals surface area (Å²) in [4.78, 5) is 26.8. The standard InChI is InChI=1S/C22H26N2O2/c1-17-7-5-6-10-20(17)23-22(26)19-13-15-24(16-14-19)21(25)12-11-18-8-3-2-4-9-18/h2-10,19H,11-16H2,1H3,(H,23,26). The molecule has 0 aromatic heterocycles. The topological polar surface area (TPSA) is 49.4 Å². The van der Waals surface area contributed by atoms with Crippen LogP contribution in [0.1, 0.15) is 30.4 Å². The zero-order valence-electron chi connectivity index (χ0n) is 15.3. The molecule has 4 heteroatoms. The quantitative estimate of drug-likeness (QED) is 0.891. The Morgan fingerprint density at radius 1 is 1.00 bits per heavy atom. The zero-order valence-corrected chi connectivity index (χ0v) is 15.3. The van der Waals surface area contributed by atoms with Crippen LogP contribution in [0.5, 0.6) is 0 Å². The predicted molar refractivity (Wildman–Crippen MR) is 104 cm³/mol. The Morgan fingerprint density at radius 3 is 2.35 bits per heavy atom. The fourth-order valence-electron chi connectivity index (χ4n) is 3.39. The van der Waals surface area contributed by atoms with Crippen LogP contribution in [0.3, 0.4) is 0 Å². The maximum atomic E-state index is 12.5. The van der Waals surface area contributed by atoms with Crippen LogP contribution in [0.2, 0.25) is 0 Å². The average Bonchev–Trinajstić information content (AvgIpc) is 2.69. The number of rotatable bonds is 5. The van der Waals surface area contributed by atoms with Crippen LogP contribution in [0.25, 0.3) is 0 Å². The summed E-state index contributed by atoms with van der Waals surface area (Å²) < 4.78 is 0. The van der Waals surface area contributed by atoms with Gasteiger partial charge in [-0.2, -0.15) is 0 Å². The third-order valence-electron chi connectivity index (χ3n) is 5.09. The van der Waals surface area contributed by atoms with Crippen molar-refractivity contribution in [1.82, 2.24) is 4.90 Å². The molecule has 136 valence electrons. The molecule has 3 rings (SSSR count). The Kier molecular flexibility index (Phi) is 6.05. The first-order chi connectivity index (χ1) is 12.6. The SMILES string of the molecule is Cc1ccccc1NC(=O)C1CCN(C(=O)CCc2ccccc2)CC1. The van der Waals surface area contributed by atoms with Crippen LogP contribution in [-0.2, 0) is 16.0 Å². The molecule has 1 aliphatic rings. The number of benzene rings is 2. The molecule has 0 atom stereocenters. The summed E-state index contributed by atoms with van der Waals surface area (Å²) in [6.07, 6.45) is 2.76. The Bertz CT molecular complexity index is 750. The van der Waals surface area contributed by atoms with E-state index in [4.69, 9.17) is 0 Å². The first kappa shape index (κ1) is 18.2. The van der Waals surface area contributed by atoms with Crippen LogP contribution in [0.15, 0.2) is 54.6 Å². The highest BCUT2D eigenvalue weighted by molar-refractivity contribution is 5.93. The number of likely N-dealkylation sites (tertiary alicyclic amines) is 1. The smallest absolute Gasteiger partial charge is 0.227 e. The number of aryl methyl sites for hydroxylation is 2. The van der Waals surface area contributed by atoms with Crippen molar-refractivity contribution >= 4 is 17.5 Å². The second-order valence-corrected chi connectivity index (χ2v) is 6.94. The van der Waals surface area contributed by atoms with E-state index >= 15 is 0 Å². The minimum atomic E-state index is -0.0206. The average molecular weight is 350 g/mol. The minimum Gasteiger partial charge on any atom is -0.343 e. The molecular formula is C22H26N2O2. The number of nitrogens with one attached hydrogen (secondary N) is 1. The van der Waals surface area contributed by atoms with Gasteiger partial charge in [0.2, 0.25) is 11.8 Å². The number of hydrogen-bond acceptors (Lipinski definition) is 2. The van der Waals surface area contributed by atoms with Crippen molar-refractivity contribution < 1.29 is 9.59 Å². The largest absolute Gasteiger partial charge is 0.343 e. The first-order valence-corrected chi connectivity index (χ1v) is 9.31. The highest BCUT2D eigenvalue weighted by Crippen LogP contribution is 2.21.